The Morgan fingerprint density at radius 3 is 2.53 bits per heavy atom. The molecule has 15 heavy (non-hydrogen) atoms. The fraction of sp³-hybridized carbons (Fsp3) is 1.00. The Kier molecular flexibility index (Phi) is 2.77. The molecule has 0 aromatic heterocycles. The molecule has 88 valence electrons. The molecule has 2 aliphatic heterocycles. The maximum atomic E-state index is 9.95. The first-order valence-corrected chi connectivity index (χ1v) is 5.24. The molecule has 0 aromatic carbocycles. The lowest BCUT2D eigenvalue weighted by Gasteiger charge is -2.25. The van der Waals surface area contributed by atoms with Crippen molar-refractivity contribution in [1.29, 1.82) is 0 Å². The number of rotatable bonds is 2. The minimum Gasteiger partial charge on any atom is -0.396 e. The molecule has 0 aromatic rings. The average Bonchev–Trinajstić information content (AvgIpc) is 2.60. The molecule has 0 spiro atoms. The molecule has 2 fully saturated rings. The molecule has 2 saturated heterocycles. The molecule has 2 aliphatic rings. The number of ether oxygens (including phenoxy) is 3. The highest BCUT2D eigenvalue weighted by atomic mass is 16.8. The summed E-state index contributed by atoms with van der Waals surface area (Å²) in [5.74, 6) is -0.829. The van der Waals surface area contributed by atoms with Gasteiger partial charge >= 0.3 is 0 Å². The summed E-state index contributed by atoms with van der Waals surface area (Å²) in [7, 11) is 0. The van der Waals surface area contributed by atoms with Crippen LogP contribution in [0.15, 0.2) is 0 Å². The second kappa shape index (κ2) is 3.68. The third-order valence-corrected chi connectivity index (χ3v) is 2.90. The monoisotopic (exact) mass is 218 g/mol. The smallest absolute Gasteiger partial charge is 0.190 e. The molecule has 5 heteroatoms. The lowest BCUT2D eigenvalue weighted by molar-refractivity contribution is -0.221. The first-order chi connectivity index (χ1) is 6.94. The van der Waals surface area contributed by atoms with E-state index in [2.05, 4.69) is 0 Å². The predicted octanol–water partition coefficient (Wildman–Crippen LogP) is -0.148. The van der Waals surface area contributed by atoms with Gasteiger partial charge in [-0.3, -0.25) is 0 Å². The van der Waals surface area contributed by atoms with Gasteiger partial charge in [0.2, 0.25) is 0 Å². The average molecular weight is 218 g/mol. The summed E-state index contributed by atoms with van der Waals surface area (Å²) < 4.78 is 16.5. The standard InChI is InChI=1S/C10H18O5/c1-5(4-11)7-6(12)8-9(13-7)15-10(2,3)14-8/h5-9,11-12H,4H2,1-3H3. The van der Waals surface area contributed by atoms with E-state index < -0.39 is 30.4 Å². The Bertz CT molecular complexity index is 242. The molecular weight excluding hydrogens is 200 g/mol. The predicted molar refractivity (Wildman–Crippen MR) is 51.0 cm³/mol. The van der Waals surface area contributed by atoms with Crippen LogP contribution in [0.5, 0.6) is 0 Å². The van der Waals surface area contributed by atoms with Crippen LogP contribution in [0.2, 0.25) is 0 Å². The summed E-state index contributed by atoms with van der Waals surface area (Å²) in [6, 6.07) is 0. The molecule has 0 aliphatic carbocycles. The van der Waals surface area contributed by atoms with Crippen molar-refractivity contribution in [1.82, 2.24) is 0 Å². The second-order valence-corrected chi connectivity index (χ2v) is 4.72. The summed E-state index contributed by atoms with van der Waals surface area (Å²) >= 11 is 0. The summed E-state index contributed by atoms with van der Waals surface area (Å²) in [4.78, 5) is 0. The number of hydrogen-bond donors (Lipinski definition) is 2. The quantitative estimate of drug-likeness (QED) is 0.674. The fourth-order valence-corrected chi connectivity index (χ4v) is 2.09. The SMILES string of the molecule is CC(CO)C1OC2OC(C)(C)OC2C1O. The number of fused-ring (bicyclic) bond motifs is 1. The maximum Gasteiger partial charge on any atom is 0.190 e. The van der Waals surface area contributed by atoms with Crippen molar-refractivity contribution < 1.29 is 24.4 Å². The van der Waals surface area contributed by atoms with Gasteiger partial charge in [0.05, 0.1) is 6.10 Å². The molecule has 5 atom stereocenters. The third-order valence-electron chi connectivity index (χ3n) is 2.90. The van der Waals surface area contributed by atoms with Crippen LogP contribution in [0.25, 0.3) is 0 Å². The topological polar surface area (TPSA) is 68.2 Å². The van der Waals surface area contributed by atoms with Crippen LogP contribution in [0.3, 0.4) is 0 Å². The lowest BCUT2D eigenvalue weighted by Crippen LogP contribution is -2.38. The van der Waals surface area contributed by atoms with Crippen LogP contribution in [0.4, 0.5) is 0 Å². The Hall–Kier alpha value is -0.200. The largest absolute Gasteiger partial charge is 0.396 e. The van der Waals surface area contributed by atoms with E-state index in [9.17, 15) is 5.11 Å². The van der Waals surface area contributed by atoms with Crippen molar-refractivity contribution in [2.75, 3.05) is 6.61 Å². The van der Waals surface area contributed by atoms with Gasteiger partial charge in [0, 0.05) is 12.5 Å². The highest BCUT2D eigenvalue weighted by molar-refractivity contribution is 4.94. The minimum atomic E-state index is -0.737. The minimum absolute atomic E-state index is 0.0233. The molecule has 0 amide bonds. The number of hydrogen-bond acceptors (Lipinski definition) is 5. The van der Waals surface area contributed by atoms with Gasteiger partial charge in [-0.05, 0) is 13.8 Å². The van der Waals surface area contributed by atoms with Gasteiger partial charge in [0.15, 0.2) is 12.1 Å². The molecule has 2 rings (SSSR count). The summed E-state index contributed by atoms with van der Waals surface area (Å²) in [5.41, 5.74) is 0. The Morgan fingerprint density at radius 1 is 1.33 bits per heavy atom. The summed E-state index contributed by atoms with van der Waals surface area (Å²) in [6.07, 6.45) is -2.12. The zero-order valence-electron chi connectivity index (χ0n) is 9.21. The zero-order valence-corrected chi connectivity index (χ0v) is 9.21. The molecular formula is C10H18O5. The second-order valence-electron chi connectivity index (χ2n) is 4.72. The van der Waals surface area contributed by atoms with Crippen molar-refractivity contribution in [3.05, 3.63) is 0 Å². The van der Waals surface area contributed by atoms with Crippen LogP contribution in [-0.2, 0) is 14.2 Å². The first kappa shape index (κ1) is 11.3. The molecule has 2 heterocycles. The molecule has 0 bridgehead atoms. The Labute approximate surface area is 88.9 Å². The maximum absolute atomic E-state index is 9.95. The lowest BCUT2D eigenvalue weighted by atomic mass is 9.99. The molecule has 2 N–H and O–H groups in total. The van der Waals surface area contributed by atoms with E-state index in [1.807, 2.05) is 6.92 Å². The Morgan fingerprint density at radius 2 is 2.00 bits per heavy atom. The van der Waals surface area contributed by atoms with E-state index in [1.54, 1.807) is 13.8 Å². The van der Waals surface area contributed by atoms with Crippen LogP contribution in [0, 0.1) is 5.92 Å². The first-order valence-electron chi connectivity index (χ1n) is 5.24. The van der Waals surface area contributed by atoms with Crippen LogP contribution in [0.1, 0.15) is 20.8 Å². The van der Waals surface area contributed by atoms with Gasteiger partial charge in [0.1, 0.15) is 12.2 Å². The van der Waals surface area contributed by atoms with E-state index in [0.29, 0.717) is 0 Å². The van der Waals surface area contributed by atoms with Crippen LogP contribution in [-0.4, -0.2) is 47.2 Å². The highest BCUT2D eigenvalue weighted by Gasteiger charge is 2.55. The van der Waals surface area contributed by atoms with E-state index in [0.717, 1.165) is 0 Å². The van der Waals surface area contributed by atoms with Crippen molar-refractivity contribution in [2.24, 2.45) is 5.92 Å². The number of aliphatic hydroxyl groups excluding tert-OH is 2. The van der Waals surface area contributed by atoms with Gasteiger partial charge in [-0.15, -0.1) is 0 Å². The van der Waals surface area contributed by atoms with E-state index in [4.69, 9.17) is 19.3 Å². The van der Waals surface area contributed by atoms with E-state index in [-0.39, 0.29) is 12.5 Å². The molecule has 0 radical (unpaired) electrons. The van der Waals surface area contributed by atoms with E-state index in [1.165, 1.54) is 0 Å². The van der Waals surface area contributed by atoms with Gasteiger partial charge < -0.3 is 24.4 Å². The molecule has 5 unspecified atom stereocenters. The van der Waals surface area contributed by atoms with Gasteiger partial charge in [0.25, 0.3) is 0 Å². The Balaban J connectivity index is 2.05. The van der Waals surface area contributed by atoms with Crippen LogP contribution < -0.4 is 0 Å². The van der Waals surface area contributed by atoms with Gasteiger partial charge in [-0.25, -0.2) is 0 Å². The number of aliphatic hydroxyl groups is 2. The van der Waals surface area contributed by atoms with Gasteiger partial charge in [-0.2, -0.15) is 0 Å². The van der Waals surface area contributed by atoms with Crippen molar-refractivity contribution >= 4 is 0 Å². The van der Waals surface area contributed by atoms with Crippen LogP contribution >= 0.6 is 0 Å². The zero-order chi connectivity index (χ0) is 11.2. The third kappa shape index (κ3) is 1.90. The molecule has 5 nitrogen and oxygen atoms in total. The van der Waals surface area contributed by atoms with Crippen molar-refractivity contribution in [2.45, 2.75) is 51.2 Å². The fourth-order valence-electron chi connectivity index (χ4n) is 2.09. The summed E-state index contributed by atoms with van der Waals surface area (Å²) in [6.45, 7) is 5.36. The molecule has 0 saturated carbocycles. The normalized spacial score (nSPS) is 45.4. The highest BCUT2D eigenvalue weighted by Crippen LogP contribution is 2.39. The van der Waals surface area contributed by atoms with Gasteiger partial charge in [-0.1, -0.05) is 6.92 Å². The van der Waals surface area contributed by atoms with E-state index >= 15 is 0 Å². The summed E-state index contributed by atoms with van der Waals surface area (Å²) in [5, 5.41) is 19.0. The van der Waals surface area contributed by atoms with Crippen molar-refractivity contribution in [3.8, 4) is 0 Å². The van der Waals surface area contributed by atoms with Crippen molar-refractivity contribution in [3.63, 3.8) is 0 Å².